The van der Waals surface area contributed by atoms with Gasteiger partial charge in [0.25, 0.3) is 10.0 Å². The maximum absolute atomic E-state index is 12.3. The Morgan fingerprint density at radius 1 is 1.24 bits per heavy atom. The maximum atomic E-state index is 12.3. The summed E-state index contributed by atoms with van der Waals surface area (Å²) in [5, 5.41) is 9.07. The molecule has 21 heavy (non-hydrogen) atoms. The van der Waals surface area contributed by atoms with Crippen LogP contribution in [0.15, 0.2) is 41.3 Å². The van der Waals surface area contributed by atoms with Crippen LogP contribution < -0.4 is 10.5 Å². The number of hydrogen-bond acceptors (Lipinski definition) is 4. The molecule has 2 aromatic carbocycles. The van der Waals surface area contributed by atoms with Crippen LogP contribution in [0.1, 0.15) is 11.1 Å². The number of hydrogen-bond donors (Lipinski definition) is 3. The molecule has 0 atom stereocenters. The SMILES string of the molecule is Cc1cc(Cl)c(S(=O)(=O)Nc2ccc(CO)cc2)cc1N. The quantitative estimate of drug-likeness (QED) is 0.753. The molecule has 4 N–H and O–H groups in total. The van der Waals surface area contributed by atoms with Crippen molar-refractivity contribution in [1.82, 2.24) is 0 Å². The number of nitrogen functional groups attached to an aromatic ring is 1. The van der Waals surface area contributed by atoms with Gasteiger partial charge in [-0.3, -0.25) is 4.72 Å². The standard InChI is InChI=1S/C14H15ClN2O3S/c1-9-6-12(15)14(7-13(9)16)21(19,20)17-11-4-2-10(8-18)3-5-11/h2-7,17-18H,8,16H2,1H3. The summed E-state index contributed by atoms with van der Waals surface area (Å²) in [6, 6.07) is 9.23. The van der Waals surface area contributed by atoms with Crippen molar-refractivity contribution in [1.29, 1.82) is 0 Å². The average Bonchev–Trinajstić information content (AvgIpc) is 2.43. The van der Waals surface area contributed by atoms with Crippen molar-refractivity contribution in [3.8, 4) is 0 Å². The minimum atomic E-state index is -3.83. The number of benzene rings is 2. The molecule has 0 spiro atoms. The largest absolute Gasteiger partial charge is 0.398 e. The molecule has 0 heterocycles. The van der Waals surface area contributed by atoms with Gasteiger partial charge in [-0.15, -0.1) is 0 Å². The third kappa shape index (κ3) is 3.47. The van der Waals surface area contributed by atoms with E-state index in [-0.39, 0.29) is 16.5 Å². The van der Waals surface area contributed by atoms with Crippen LogP contribution in [0, 0.1) is 6.92 Å². The predicted octanol–water partition coefficient (Wildman–Crippen LogP) is 2.52. The first-order chi connectivity index (χ1) is 9.83. The first kappa shape index (κ1) is 15.6. The van der Waals surface area contributed by atoms with Crippen molar-refractivity contribution >= 4 is 33.0 Å². The van der Waals surface area contributed by atoms with Gasteiger partial charge in [0.15, 0.2) is 0 Å². The Labute approximate surface area is 128 Å². The second-order valence-electron chi connectivity index (χ2n) is 4.60. The average molecular weight is 327 g/mol. The van der Waals surface area contributed by atoms with Crippen molar-refractivity contribution in [2.75, 3.05) is 10.5 Å². The van der Waals surface area contributed by atoms with Gasteiger partial charge in [0, 0.05) is 11.4 Å². The number of aliphatic hydroxyl groups excluding tert-OH is 1. The number of nitrogens with two attached hydrogens (primary N) is 1. The number of aliphatic hydroxyl groups is 1. The molecule has 0 aliphatic rings. The molecular weight excluding hydrogens is 312 g/mol. The van der Waals surface area contributed by atoms with Crippen molar-refractivity contribution in [3.05, 3.63) is 52.5 Å². The third-order valence-corrected chi connectivity index (χ3v) is 4.84. The van der Waals surface area contributed by atoms with Crippen molar-refractivity contribution < 1.29 is 13.5 Å². The fourth-order valence-corrected chi connectivity index (χ4v) is 3.44. The first-order valence-electron chi connectivity index (χ1n) is 6.12. The van der Waals surface area contributed by atoms with Gasteiger partial charge in [0.1, 0.15) is 4.90 Å². The zero-order chi connectivity index (χ0) is 15.6. The molecule has 5 nitrogen and oxygen atoms in total. The fourth-order valence-electron chi connectivity index (χ4n) is 1.76. The molecule has 7 heteroatoms. The summed E-state index contributed by atoms with van der Waals surface area (Å²) < 4.78 is 27.1. The number of rotatable bonds is 4. The van der Waals surface area contributed by atoms with E-state index in [1.165, 1.54) is 12.1 Å². The van der Waals surface area contributed by atoms with Crippen LogP contribution >= 0.6 is 11.6 Å². The fraction of sp³-hybridized carbons (Fsp3) is 0.143. The molecule has 0 saturated heterocycles. The molecule has 0 aliphatic carbocycles. The van der Waals surface area contributed by atoms with E-state index < -0.39 is 10.0 Å². The van der Waals surface area contributed by atoms with Crippen molar-refractivity contribution in [2.45, 2.75) is 18.4 Å². The van der Waals surface area contributed by atoms with E-state index in [9.17, 15) is 8.42 Å². The van der Waals surface area contributed by atoms with Crippen LogP contribution in [0.4, 0.5) is 11.4 Å². The van der Waals surface area contributed by atoms with Crippen LogP contribution in [-0.2, 0) is 16.6 Å². The molecule has 0 bridgehead atoms. The number of nitrogens with one attached hydrogen (secondary N) is 1. The van der Waals surface area contributed by atoms with E-state index in [0.29, 0.717) is 22.5 Å². The highest BCUT2D eigenvalue weighted by Gasteiger charge is 2.19. The van der Waals surface area contributed by atoms with Crippen LogP contribution in [0.25, 0.3) is 0 Å². The lowest BCUT2D eigenvalue weighted by Crippen LogP contribution is -2.14. The minimum absolute atomic E-state index is 0.0708. The zero-order valence-electron chi connectivity index (χ0n) is 11.3. The highest BCUT2D eigenvalue weighted by atomic mass is 35.5. The third-order valence-electron chi connectivity index (χ3n) is 3.00. The van der Waals surface area contributed by atoms with Crippen LogP contribution in [0.2, 0.25) is 5.02 Å². The maximum Gasteiger partial charge on any atom is 0.263 e. The van der Waals surface area contributed by atoms with Crippen LogP contribution in [0.5, 0.6) is 0 Å². The summed E-state index contributed by atoms with van der Waals surface area (Å²) in [6.07, 6.45) is 0. The van der Waals surface area contributed by atoms with Crippen molar-refractivity contribution in [3.63, 3.8) is 0 Å². The van der Waals surface area contributed by atoms with E-state index in [1.54, 1.807) is 31.2 Å². The van der Waals surface area contributed by atoms with Gasteiger partial charge in [0.2, 0.25) is 0 Å². The van der Waals surface area contributed by atoms with E-state index in [1.807, 2.05) is 0 Å². The van der Waals surface area contributed by atoms with Gasteiger partial charge < -0.3 is 10.8 Å². The second kappa shape index (κ2) is 5.93. The molecule has 0 amide bonds. The Morgan fingerprint density at radius 2 is 1.86 bits per heavy atom. The highest BCUT2D eigenvalue weighted by Crippen LogP contribution is 2.28. The smallest absolute Gasteiger partial charge is 0.263 e. The topological polar surface area (TPSA) is 92.4 Å². The molecule has 2 rings (SSSR count). The van der Waals surface area contributed by atoms with E-state index in [4.69, 9.17) is 22.4 Å². The van der Waals surface area contributed by atoms with Gasteiger partial charge in [-0.25, -0.2) is 8.42 Å². The lowest BCUT2D eigenvalue weighted by molar-refractivity contribution is 0.282. The number of anilines is 2. The summed E-state index contributed by atoms with van der Waals surface area (Å²) in [5.74, 6) is 0. The molecule has 0 radical (unpaired) electrons. The molecule has 0 unspecified atom stereocenters. The Hall–Kier alpha value is -1.76. The molecule has 0 aliphatic heterocycles. The molecule has 0 fully saturated rings. The van der Waals surface area contributed by atoms with Gasteiger partial charge in [0.05, 0.1) is 11.6 Å². The Bertz CT molecular complexity index is 759. The van der Waals surface area contributed by atoms with E-state index in [0.717, 1.165) is 0 Å². The van der Waals surface area contributed by atoms with Gasteiger partial charge in [-0.2, -0.15) is 0 Å². The lowest BCUT2D eigenvalue weighted by Gasteiger charge is -2.11. The molecule has 112 valence electrons. The van der Waals surface area contributed by atoms with Crippen molar-refractivity contribution in [2.24, 2.45) is 0 Å². The van der Waals surface area contributed by atoms with Crippen LogP contribution in [0.3, 0.4) is 0 Å². The minimum Gasteiger partial charge on any atom is -0.398 e. The lowest BCUT2D eigenvalue weighted by atomic mass is 10.2. The summed E-state index contributed by atoms with van der Waals surface area (Å²) >= 11 is 5.99. The summed E-state index contributed by atoms with van der Waals surface area (Å²) in [5.41, 5.74) is 7.88. The van der Waals surface area contributed by atoms with Gasteiger partial charge >= 0.3 is 0 Å². The first-order valence-corrected chi connectivity index (χ1v) is 7.98. The number of aryl methyl sites for hydroxylation is 1. The van der Waals surface area contributed by atoms with E-state index >= 15 is 0 Å². The van der Waals surface area contributed by atoms with Crippen LogP contribution in [-0.4, -0.2) is 13.5 Å². The monoisotopic (exact) mass is 326 g/mol. The van der Waals surface area contributed by atoms with Gasteiger partial charge in [-0.1, -0.05) is 23.7 Å². The molecular formula is C14H15ClN2O3S. The second-order valence-corrected chi connectivity index (χ2v) is 6.66. The Kier molecular flexibility index (Phi) is 4.41. The Morgan fingerprint density at radius 3 is 2.43 bits per heavy atom. The molecule has 2 aromatic rings. The Balaban J connectivity index is 2.35. The normalized spacial score (nSPS) is 11.4. The summed E-state index contributed by atoms with van der Waals surface area (Å²) in [7, 11) is -3.83. The number of sulfonamides is 1. The molecule has 0 aromatic heterocycles. The molecule has 0 saturated carbocycles. The van der Waals surface area contributed by atoms with E-state index in [2.05, 4.69) is 4.72 Å². The summed E-state index contributed by atoms with van der Waals surface area (Å²) in [6.45, 7) is 1.64. The summed E-state index contributed by atoms with van der Waals surface area (Å²) in [4.78, 5) is -0.0708. The number of halogens is 1. The predicted molar refractivity (Wildman–Crippen MR) is 83.8 cm³/mol. The van der Waals surface area contributed by atoms with Gasteiger partial charge in [-0.05, 0) is 42.3 Å². The highest BCUT2D eigenvalue weighted by molar-refractivity contribution is 7.92. The zero-order valence-corrected chi connectivity index (χ0v) is 12.9.